The Labute approximate surface area is 159 Å². The Balaban J connectivity index is 1.74. The number of anilines is 2. The highest BCUT2D eigenvalue weighted by Crippen LogP contribution is 2.31. The fraction of sp³-hybridized carbons (Fsp3) is 0.167. The van der Waals surface area contributed by atoms with Gasteiger partial charge in [0.25, 0.3) is 0 Å². The molecule has 7 nitrogen and oxygen atoms in total. The third-order valence-corrected chi connectivity index (χ3v) is 4.47. The Kier molecular flexibility index (Phi) is 5.22. The van der Waals surface area contributed by atoms with E-state index in [9.17, 15) is 4.79 Å². The molecule has 0 atom stereocenters. The van der Waals surface area contributed by atoms with Gasteiger partial charge in [0.05, 0.1) is 4.47 Å². The number of hydrogen-bond donors (Lipinski definition) is 3. The van der Waals surface area contributed by atoms with Crippen molar-refractivity contribution in [2.75, 3.05) is 10.6 Å². The number of aryl methyl sites for hydroxylation is 2. The molecule has 26 heavy (non-hydrogen) atoms. The highest BCUT2D eigenvalue weighted by molar-refractivity contribution is 9.10. The van der Waals surface area contributed by atoms with E-state index >= 15 is 0 Å². The molecule has 134 valence electrons. The maximum absolute atomic E-state index is 12.2. The van der Waals surface area contributed by atoms with Crippen molar-refractivity contribution in [2.24, 2.45) is 0 Å². The molecule has 0 saturated heterocycles. The second-order valence-electron chi connectivity index (χ2n) is 5.77. The van der Waals surface area contributed by atoms with E-state index in [1.807, 2.05) is 39.0 Å². The molecule has 0 spiro atoms. The monoisotopic (exact) mass is 415 g/mol. The van der Waals surface area contributed by atoms with Crippen LogP contribution in [0.3, 0.4) is 0 Å². The molecule has 0 saturated carbocycles. The lowest BCUT2D eigenvalue weighted by Crippen LogP contribution is -2.20. The van der Waals surface area contributed by atoms with Crippen molar-refractivity contribution in [3.05, 3.63) is 57.8 Å². The molecule has 1 aromatic carbocycles. The Morgan fingerprint density at radius 2 is 2.00 bits per heavy atom. The number of aromatic nitrogens is 3. The minimum atomic E-state index is -0.381. The third-order valence-electron chi connectivity index (χ3n) is 3.86. The number of hydrogen-bond acceptors (Lipinski definition) is 4. The van der Waals surface area contributed by atoms with Crippen molar-refractivity contribution in [1.29, 1.82) is 0 Å². The van der Waals surface area contributed by atoms with Gasteiger partial charge in [0.15, 0.2) is 5.82 Å². The molecule has 0 radical (unpaired) electrons. The molecule has 2 heterocycles. The smallest absolute Gasteiger partial charge is 0.324 e. The summed E-state index contributed by atoms with van der Waals surface area (Å²) in [6.45, 7) is 5.70. The number of H-pyrrole nitrogens is 1. The van der Waals surface area contributed by atoms with Gasteiger partial charge in [-0.3, -0.25) is 10.4 Å². The summed E-state index contributed by atoms with van der Waals surface area (Å²) in [5.41, 5.74) is 3.33. The summed E-state index contributed by atoms with van der Waals surface area (Å²) in [5, 5.41) is 12.4. The van der Waals surface area contributed by atoms with Crippen LogP contribution in [0.1, 0.15) is 16.8 Å². The lowest BCUT2D eigenvalue weighted by Gasteiger charge is -2.12. The van der Waals surface area contributed by atoms with E-state index in [2.05, 4.69) is 41.7 Å². The number of carbonyl (C=O) groups is 1. The van der Waals surface area contributed by atoms with Crippen molar-refractivity contribution >= 4 is 33.5 Å². The number of halogens is 1. The van der Waals surface area contributed by atoms with E-state index in [1.165, 1.54) is 0 Å². The van der Waals surface area contributed by atoms with Gasteiger partial charge in [-0.25, -0.2) is 9.78 Å². The summed E-state index contributed by atoms with van der Waals surface area (Å²) in [6.07, 6.45) is 1.65. The fourth-order valence-electron chi connectivity index (χ4n) is 2.21. The molecule has 0 unspecified atom stereocenters. The van der Waals surface area contributed by atoms with E-state index in [0.717, 1.165) is 21.3 Å². The molecular weight excluding hydrogens is 398 g/mol. The lowest BCUT2D eigenvalue weighted by atomic mass is 10.2. The van der Waals surface area contributed by atoms with Crippen molar-refractivity contribution in [3.8, 4) is 11.6 Å². The zero-order valence-electron chi connectivity index (χ0n) is 14.6. The van der Waals surface area contributed by atoms with E-state index < -0.39 is 0 Å². The van der Waals surface area contributed by atoms with Crippen LogP contribution >= 0.6 is 15.9 Å². The molecule has 0 aliphatic heterocycles. The molecule has 0 aliphatic rings. The van der Waals surface area contributed by atoms with Crippen LogP contribution < -0.4 is 15.4 Å². The van der Waals surface area contributed by atoms with Crippen LogP contribution in [0.2, 0.25) is 0 Å². The number of rotatable bonds is 4. The maximum atomic E-state index is 12.2. The summed E-state index contributed by atoms with van der Waals surface area (Å²) in [6, 6.07) is 8.70. The highest BCUT2D eigenvalue weighted by Gasteiger charge is 2.11. The zero-order chi connectivity index (χ0) is 18.7. The van der Waals surface area contributed by atoms with Crippen LogP contribution in [-0.4, -0.2) is 21.2 Å². The molecule has 8 heteroatoms. The molecule has 2 amide bonds. The molecule has 3 N–H and O–H groups in total. The number of nitrogens with one attached hydrogen (secondary N) is 3. The molecular formula is C18H18BrN5O2. The SMILES string of the molecule is Cc1ccc(NC(=O)Nc2n[nH]c(C)c2C)cc1Oc1ncccc1Br. The predicted octanol–water partition coefficient (Wildman–Crippen LogP) is 4.93. The van der Waals surface area contributed by atoms with E-state index in [4.69, 9.17) is 4.74 Å². The molecule has 0 aliphatic carbocycles. The standard InChI is InChI=1S/C18H18BrN5O2/c1-10-6-7-13(9-15(10)26-17-14(19)5-4-8-20-17)21-18(25)22-16-11(2)12(3)23-24-16/h4-9H,1-3H3,(H3,21,22,23,24,25). The lowest BCUT2D eigenvalue weighted by molar-refractivity contribution is 0.262. The Morgan fingerprint density at radius 3 is 2.69 bits per heavy atom. The predicted molar refractivity (Wildman–Crippen MR) is 104 cm³/mol. The summed E-state index contributed by atoms with van der Waals surface area (Å²) in [7, 11) is 0. The van der Waals surface area contributed by atoms with Gasteiger partial charge >= 0.3 is 6.03 Å². The number of aromatic amines is 1. The first kappa shape index (κ1) is 17.9. The first-order valence-corrected chi connectivity index (χ1v) is 8.72. The Morgan fingerprint density at radius 1 is 1.19 bits per heavy atom. The fourth-order valence-corrected chi connectivity index (χ4v) is 2.55. The van der Waals surface area contributed by atoms with Gasteiger partial charge in [-0.2, -0.15) is 5.10 Å². The average molecular weight is 416 g/mol. The number of pyridine rings is 1. The molecule has 3 rings (SSSR count). The van der Waals surface area contributed by atoms with Gasteiger partial charge in [0, 0.05) is 29.2 Å². The molecule has 3 aromatic rings. The second kappa shape index (κ2) is 7.57. The van der Waals surface area contributed by atoms with Crippen LogP contribution in [0.15, 0.2) is 41.0 Å². The summed E-state index contributed by atoms with van der Waals surface area (Å²) in [4.78, 5) is 16.4. The molecule has 2 aromatic heterocycles. The van der Waals surface area contributed by atoms with Crippen LogP contribution in [0.25, 0.3) is 0 Å². The maximum Gasteiger partial charge on any atom is 0.324 e. The van der Waals surface area contributed by atoms with Crippen LogP contribution in [0.4, 0.5) is 16.3 Å². The van der Waals surface area contributed by atoms with Crippen LogP contribution in [0, 0.1) is 20.8 Å². The quantitative estimate of drug-likeness (QED) is 0.563. The molecule has 0 fully saturated rings. The van der Waals surface area contributed by atoms with Crippen molar-refractivity contribution < 1.29 is 9.53 Å². The van der Waals surface area contributed by atoms with Gasteiger partial charge in [-0.05, 0) is 60.5 Å². The van der Waals surface area contributed by atoms with E-state index in [1.54, 1.807) is 18.3 Å². The second-order valence-corrected chi connectivity index (χ2v) is 6.63. The van der Waals surface area contributed by atoms with Crippen molar-refractivity contribution in [3.63, 3.8) is 0 Å². The topological polar surface area (TPSA) is 91.9 Å². The van der Waals surface area contributed by atoms with Crippen LogP contribution in [-0.2, 0) is 0 Å². The number of carbonyl (C=O) groups excluding carboxylic acids is 1. The third kappa shape index (κ3) is 4.02. The van der Waals surface area contributed by atoms with Gasteiger partial charge in [0.1, 0.15) is 5.75 Å². The van der Waals surface area contributed by atoms with Gasteiger partial charge in [-0.1, -0.05) is 6.07 Å². The average Bonchev–Trinajstić information content (AvgIpc) is 2.92. The summed E-state index contributed by atoms with van der Waals surface area (Å²) >= 11 is 3.41. The van der Waals surface area contributed by atoms with Gasteiger partial charge in [-0.15, -0.1) is 0 Å². The van der Waals surface area contributed by atoms with E-state index in [-0.39, 0.29) is 6.03 Å². The summed E-state index contributed by atoms with van der Waals surface area (Å²) < 4.78 is 6.61. The number of amides is 2. The van der Waals surface area contributed by atoms with Crippen molar-refractivity contribution in [1.82, 2.24) is 15.2 Å². The number of benzene rings is 1. The number of nitrogens with zero attached hydrogens (tertiary/aromatic N) is 2. The summed E-state index contributed by atoms with van der Waals surface area (Å²) in [5.74, 6) is 1.56. The highest BCUT2D eigenvalue weighted by atomic mass is 79.9. The van der Waals surface area contributed by atoms with Crippen LogP contribution in [0.5, 0.6) is 11.6 Å². The number of ether oxygens (including phenoxy) is 1. The minimum Gasteiger partial charge on any atom is -0.438 e. The van der Waals surface area contributed by atoms with Crippen molar-refractivity contribution in [2.45, 2.75) is 20.8 Å². The first-order valence-electron chi connectivity index (χ1n) is 7.92. The first-order chi connectivity index (χ1) is 12.4. The van der Waals surface area contributed by atoms with Gasteiger partial charge in [0.2, 0.25) is 5.88 Å². The zero-order valence-corrected chi connectivity index (χ0v) is 16.1. The normalized spacial score (nSPS) is 10.5. The van der Waals surface area contributed by atoms with E-state index in [0.29, 0.717) is 23.1 Å². The molecule has 0 bridgehead atoms. The number of urea groups is 1. The Hall–Kier alpha value is -2.87. The Bertz CT molecular complexity index is 955. The largest absolute Gasteiger partial charge is 0.438 e. The minimum absolute atomic E-state index is 0.381. The van der Waals surface area contributed by atoms with Gasteiger partial charge < -0.3 is 10.1 Å².